The van der Waals surface area contributed by atoms with Crippen LogP contribution in [0.3, 0.4) is 0 Å². The quantitative estimate of drug-likeness (QED) is 0.834. The van der Waals surface area contributed by atoms with Crippen LogP contribution in [0, 0.1) is 0 Å². The standard InChI is InChI=1S/C20H28F3NO4/c1-19(2,3)28-18-10-24-6-5-12-7-17(27-11-20(21,22)23)16(26-4)8-13(12)14(24)9-15(18)25/h7-8,14-15,18,25H,5-6,9-11H2,1-4H3. The van der Waals surface area contributed by atoms with E-state index < -0.39 is 18.9 Å². The van der Waals surface area contributed by atoms with E-state index in [-0.39, 0.29) is 29.2 Å². The molecule has 8 heteroatoms. The van der Waals surface area contributed by atoms with Gasteiger partial charge in [0.15, 0.2) is 18.1 Å². The van der Waals surface area contributed by atoms with Crippen LogP contribution in [0.25, 0.3) is 0 Å². The highest BCUT2D eigenvalue weighted by atomic mass is 19.4. The summed E-state index contributed by atoms with van der Waals surface area (Å²) in [4.78, 5) is 2.27. The van der Waals surface area contributed by atoms with Gasteiger partial charge in [-0.3, -0.25) is 4.90 Å². The third-order valence-corrected chi connectivity index (χ3v) is 5.10. The molecular weight excluding hydrogens is 375 g/mol. The van der Waals surface area contributed by atoms with Crippen LogP contribution in [-0.2, 0) is 11.2 Å². The van der Waals surface area contributed by atoms with E-state index in [1.54, 1.807) is 12.1 Å². The second-order valence-electron chi connectivity index (χ2n) is 8.44. The molecule has 0 aliphatic carbocycles. The van der Waals surface area contributed by atoms with E-state index in [4.69, 9.17) is 14.2 Å². The molecule has 3 rings (SSSR count). The van der Waals surface area contributed by atoms with Crippen molar-refractivity contribution >= 4 is 0 Å². The number of halogens is 3. The molecule has 0 amide bonds. The Bertz CT molecular complexity index is 702. The lowest BCUT2D eigenvalue weighted by Gasteiger charge is -2.46. The fraction of sp³-hybridized carbons (Fsp3) is 0.700. The van der Waals surface area contributed by atoms with Crippen LogP contribution < -0.4 is 9.47 Å². The SMILES string of the molecule is COc1cc2c(cc1OCC(F)(F)F)CCN1CC(OC(C)(C)C)C(O)CC21. The van der Waals surface area contributed by atoms with E-state index in [0.29, 0.717) is 19.4 Å². The zero-order valence-electron chi connectivity index (χ0n) is 16.7. The molecule has 158 valence electrons. The zero-order chi connectivity index (χ0) is 20.7. The number of aliphatic hydroxyl groups is 1. The minimum Gasteiger partial charge on any atom is -0.493 e. The molecule has 1 aromatic carbocycles. The summed E-state index contributed by atoms with van der Waals surface area (Å²) in [5, 5.41) is 10.6. The van der Waals surface area contributed by atoms with E-state index in [0.717, 1.165) is 17.7 Å². The van der Waals surface area contributed by atoms with Crippen LogP contribution >= 0.6 is 0 Å². The maximum absolute atomic E-state index is 12.5. The van der Waals surface area contributed by atoms with Gasteiger partial charge in [-0.15, -0.1) is 0 Å². The molecule has 28 heavy (non-hydrogen) atoms. The second kappa shape index (κ2) is 7.72. The van der Waals surface area contributed by atoms with Gasteiger partial charge in [-0.2, -0.15) is 13.2 Å². The van der Waals surface area contributed by atoms with Crippen molar-refractivity contribution < 1.29 is 32.5 Å². The van der Waals surface area contributed by atoms with Gasteiger partial charge in [-0.05, 0) is 56.9 Å². The number of hydrogen-bond donors (Lipinski definition) is 1. The molecule has 0 spiro atoms. The third-order valence-electron chi connectivity index (χ3n) is 5.10. The van der Waals surface area contributed by atoms with Crippen LogP contribution in [0.5, 0.6) is 11.5 Å². The lowest BCUT2D eigenvalue weighted by atomic mass is 9.84. The van der Waals surface area contributed by atoms with Gasteiger partial charge in [0.25, 0.3) is 0 Å². The van der Waals surface area contributed by atoms with Crippen molar-refractivity contribution in [3.8, 4) is 11.5 Å². The maximum Gasteiger partial charge on any atom is 0.422 e. The first kappa shape index (κ1) is 21.2. The average molecular weight is 403 g/mol. The number of aliphatic hydroxyl groups excluding tert-OH is 1. The van der Waals surface area contributed by atoms with Gasteiger partial charge in [-0.1, -0.05) is 0 Å². The Morgan fingerprint density at radius 1 is 1.18 bits per heavy atom. The number of hydrogen-bond acceptors (Lipinski definition) is 5. The van der Waals surface area contributed by atoms with Crippen molar-refractivity contribution in [1.82, 2.24) is 4.90 Å². The summed E-state index contributed by atoms with van der Waals surface area (Å²) in [5.74, 6) is 0.365. The second-order valence-corrected chi connectivity index (χ2v) is 8.44. The summed E-state index contributed by atoms with van der Waals surface area (Å²) >= 11 is 0. The Morgan fingerprint density at radius 3 is 2.50 bits per heavy atom. The van der Waals surface area contributed by atoms with Crippen molar-refractivity contribution in [2.75, 3.05) is 26.8 Å². The molecule has 2 heterocycles. The predicted octanol–water partition coefficient (Wildman–Crippen LogP) is 3.48. The number of nitrogens with zero attached hydrogens (tertiary/aromatic N) is 1. The smallest absolute Gasteiger partial charge is 0.422 e. The van der Waals surface area contributed by atoms with Crippen LogP contribution in [0.4, 0.5) is 13.2 Å². The average Bonchev–Trinajstić information content (AvgIpc) is 2.58. The molecule has 3 atom stereocenters. The van der Waals surface area contributed by atoms with Crippen LogP contribution in [-0.4, -0.2) is 60.8 Å². The minimum atomic E-state index is -4.41. The molecule has 5 nitrogen and oxygen atoms in total. The summed E-state index contributed by atoms with van der Waals surface area (Å²) in [7, 11) is 1.41. The van der Waals surface area contributed by atoms with E-state index in [1.165, 1.54) is 7.11 Å². The lowest BCUT2D eigenvalue weighted by Crippen LogP contribution is -2.53. The molecule has 0 aromatic heterocycles. The summed E-state index contributed by atoms with van der Waals surface area (Å²) < 4.78 is 53.8. The largest absolute Gasteiger partial charge is 0.493 e. The molecule has 1 aromatic rings. The van der Waals surface area contributed by atoms with Gasteiger partial charge >= 0.3 is 6.18 Å². The Hall–Kier alpha value is -1.51. The van der Waals surface area contributed by atoms with Gasteiger partial charge in [0.1, 0.15) is 0 Å². The van der Waals surface area contributed by atoms with E-state index in [1.807, 2.05) is 20.8 Å². The van der Waals surface area contributed by atoms with Crippen molar-refractivity contribution in [3.63, 3.8) is 0 Å². The highest BCUT2D eigenvalue weighted by Crippen LogP contribution is 2.42. The van der Waals surface area contributed by atoms with Gasteiger partial charge in [0, 0.05) is 19.1 Å². The lowest BCUT2D eigenvalue weighted by molar-refractivity contribution is -0.153. The number of ether oxygens (including phenoxy) is 3. The first-order chi connectivity index (χ1) is 13.0. The molecule has 0 bridgehead atoms. The molecule has 1 fully saturated rings. The summed E-state index contributed by atoms with van der Waals surface area (Å²) in [6.07, 6.45) is -4.10. The van der Waals surface area contributed by atoms with Crippen molar-refractivity contribution in [2.45, 2.75) is 63.6 Å². The summed E-state index contributed by atoms with van der Waals surface area (Å²) in [6, 6.07) is 3.36. The normalized spacial score (nSPS) is 25.8. The molecular formula is C20H28F3NO4. The summed E-state index contributed by atoms with van der Waals surface area (Å²) in [5.41, 5.74) is 1.55. The first-order valence-corrected chi connectivity index (χ1v) is 9.47. The molecule has 0 radical (unpaired) electrons. The maximum atomic E-state index is 12.5. The molecule has 1 N–H and O–H groups in total. The minimum absolute atomic E-state index is 0.0239. The fourth-order valence-corrected chi connectivity index (χ4v) is 3.99. The van der Waals surface area contributed by atoms with Crippen LogP contribution in [0.2, 0.25) is 0 Å². The molecule has 1 saturated heterocycles. The number of methoxy groups -OCH3 is 1. The first-order valence-electron chi connectivity index (χ1n) is 9.47. The van der Waals surface area contributed by atoms with Gasteiger partial charge in [0.05, 0.1) is 24.9 Å². The zero-order valence-corrected chi connectivity index (χ0v) is 16.7. The molecule has 2 aliphatic rings. The Balaban J connectivity index is 1.82. The Labute approximate surface area is 163 Å². The predicted molar refractivity (Wildman–Crippen MR) is 97.8 cm³/mol. The van der Waals surface area contributed by atoms with E-state index >= 15 is 0 Å². The fourth-order valence-electron chi connectivity index (χ4n) is 3.99. The van der Waals surface area contributed by atoms with Gasteiger partial charge in [0.2, 0.25) is 0 Å². The number of fused-ring (bicyclic) bond motifs is 3. The van der Waals surface area contributed by atoms with Crippen LogP contribution in [0.15, 0.2) is 12.1 Å². The highest BCUT2D eigenvalue weighted by molar-refractivity contribution is 5.49. The Morgan fingerprint density at radius 2 is 1.89 bits per heavy atom. The van der Waals surface area contributed by atoms with Crippen LogP contribution in [0.1, 0.15) is 44.4 Å². The number of piperidine rings is 1. The monoisotopic (exact) mass is 403 g/mol. The molecule has 3 unspecified atom stereocenters. The van der Waals surface area contributed by atoms with E-state index in [2.05, 4.69) is 4.90 Å². The van der Waals surface area contributed by atoms with Crippen molar-refractivity contribution in [2.24, 2.45) is 0 Å². The number of alkyl halides is 3. The molecule has 0 saturated carbocycles. The number of rotatable bonds is 4. The topological polar surface area (TPSA) is 51.2 Å². The Kier molecular flexibility index (Phi) is 5.85. The highest BCUT2D eigenvalue weighted by Gasteiger charge is 2.40. The van der Waals surface area contributed by atoms with Gasteiger partial charge in [-0.25, -0.2) is 0 Å². The van der Waals surface area contributed by atoms with E-state index in [9.17, 15) is 18.3 Å². The van der Waals surface area contributed by atoms with Crippen molar-refractivity contribution in [1.29, 1.82) is 0 Å². The summed E-state index contributed by atoms with van der Waals surface area (Å²) in [6.45, 7) is 5.89. The van der Waals surface area contributed by atoms with Gasteiger partial charge < -0.3 is 19.3 Å². The number of benzene rings is 1. The molecule has 2 aliphatic heterocycles. The van der Waals surface area contributed by atoms with Crippen molar-refractivity contribution in [3.05, 3.63) is 23.3 Å². The third kappa shape index (κ3) is 4.90.